The van der Waals surface area contributed by atoms with Crippen LogP contribution in [0.1, 0.15) is 26.5 Å². The lowest BCUT2D eigenvalue weighted by Gasteiger charge is -2.13. The molecule has 0 bridgehead atoms. The van der Waals surface area contributed by atoms with Gasteiger partial charge in [-0.2, -0.15) is 0 Å². The summed E-state index contributed by atoms with van der Waals surface area (Å²) in [5.41, 5.74) is 1.35. The van der Waals surface area contributed by atoms with Gasteiger partial charge < -0.3 is 15.1 Å². The van der Waals surface area contributed by atoms with Crippen molar-refractivity contribution >= 4 is 50.8 Å². The number of hydrogen-bond donors (Lipinski definition) is 3. The topological polar surface area (TPSA) is 83.4 Å². The predicted molar refractivity (Wildman–Crippen MR) is 114 cm³/mol. The minimum absolute atomic E-state index is 0.0965. The van der Waals surface area contributed by atoms with Crippen LogP contribution in [0.25, 0.3) is 0 Å². The van der Waals surface area contributed by atoms with Crippen molar-refractivity contribution in [2.45, 2.75) is 6.54 Å². The van der Waals surface area contributed by atoms with Crippen LogP contribution >= 0.6 is 28.1 Å². The van der Waals surface area contributed by atoms with Crippen molar-refractivity contribution in [3.63, 3.8) is 0 Å². The minimum atomic E-state index is -0.343. The van der Waals surface area contributed by atoms with E-state index in [1.165, 1.54) is 0 Å². The van der Waals surface area contributed by atoms with E-state index < -0.39 is 0 Å². The molecule has 0 atom stereocenters. The molecule has 1 heterocycles. The zero-order chi connectivity index (χ0) is 19.9. The number of benzene rings is 2. The molecule has 0 aliphatic rings. The first-order valence-corrected chi connectivity index (χ1v) is 9.50. The fourth-order valence-electron chi connectivity index (χ4n) is 2.40. The first-order chi connectivity index (χ1) is 13.5. The molecule has 8 heteroatoms. The maximum absolute atomic E-state index is 12.5. The molecule has 142 valence electrons. The number of anilines is 1. The molecule has 2 amide bonds. The summed E-state index contributed by atoms with van der Waals surface area (Å²) in [5.74, 6) is 0.0161. The Morgan fingerprint density at radius 1 is 0.964 bits per heavy atom. The van der Waals surface area contributed by atoms with Crippen molar-refractivity contribution in [2.75, 3.05) is 5.32 Å². The van der Waals surface area contributed by atoms with Gasteiger partial charge in [-0.25, -0.2) is 0 Å². The van der Waals surface area contributed by atoms with Crippen molar-refractivity contribution in [3.8, 4) is 0 Å². The molecule has 3 rings (SSSR count). The first kappa shape index (κ1) is 19.8. The number of hydrogen-bond acceptors (Lipinski definition) is 4. The van der Waals surface area contributed by atoms with Crippen molar-refractivity contribution in [1.82, 2.24) is 10.6 Å². The molecular weight excluding hydrogens is 442 g/mol. The van der Waals surface area contributed by atoms with Crippen molar-refractivity contribution in [2.24, 2.45) is 0 Å². The van der Waals surface area contributed by atoms with E-state index in [1.54, 1.807) is 66.9 Å². The number of carbonyl (C=O) groups excluding carboxylic acids is 2. The number of amides is 2. The molecule has 0 fully saturated rings. The molecule has 0 spiro atoms. The van der Waals surface area contributed by atoms with Crippen LogP contribution in [0.15, 0.2) is 75.8 Å². The highest BCUT2D eigenvalue weighted by molar-refractivity contribution is 9.10. The number of rotatable bonds is 5. The molecule has 0 unspecified atom stereocenters. The van der Waals surface area contributed by atoms with Crippen LogP contribution in [0.4, 0.5) is 5.69 Å². The van der Waals surface area contributed by atoms with E-state index >= 15 is 0 Å². The van der Waals surface area contributed by atoms with Crippen molar-refractivity contribution < 1.29 is 14.0 Å². The van der Waals surface area contributed by atoms with Gasteiger partial charge in [0.05, 0.1) is 24.1 Å². The molecule has 0 saturated carbocycles. The van der Waals surface area contributed by atoms with Gasteiger partial charge in [0, 0.05) is 10.0 Å². The monoisotopic (exact) mass is 457 g/mol. The lowest BCUT2D eigenvalue weighted by Crippen LogP contribution is -2.35. The Morgan fingerprint density at radius 2 is 1.71 bits per heavy atom. The van der Waals surface area contributed by atoms with E-state index in [0.29, 0.717) is 22.6 Å². The van der Waals surface area contributed by atoms with Gasteiger partial charge in [0.2, 0.25) is 0 Å². The van der Waals surface area contributed by atoms with Gasteiger partial charge in [-0.15, -0.1) is 0 Å². The zero-order valence-corrected chi connectivity index (χ0v) is 17.0. The van der Waals surface area contributed by atoms with E-state index in [1.807, 2.05) is 0 Å². The first-order valence-electron chi connectivity index (χ1n) is 8.30. The molecule has 0 saturated heterocycles. The second kappa shape index (κ2) is 9.29. The number of para-hydroxylation sites is 1. The molecule has 28 heavy (non-hydrogen) atoms. The lowest BCUT2D eigenvalue weighted by molar-refractivity contribution is 0.0947. The van der Waals surface area contributed by atoms with Crippen LogP contribution in [-0.2, 0) is 6.54 Å². The minimum Gasteiger partial charge on any atom is -0.467 e. The fraction of sp³-hybridized carbons (Fsp3) is 0.0500. The van der Waals surface area contributed by atoms with Crippen LogP contribution in [-0.4, -0.2) is 16.9 Å². The van der Waals surface area contributed by atoms with E-state index in [2.05, 4.69) is 31.9 Å². The summed E-state index contributed by atoms with van der Waals surface area (Å²) in [6.45, 7) is 0.269. The van der Waals surface area contributed by atoms with Gasteiger partial charge in [-0.3, -0.25) is 14.9 Å². The maximum atomic E-state index is 12.5. The van der Waals surface area contributed by atoms with Gasteiger partial charge >= 0.3 is 0 Å². The van der Waals surface area contributed by atoms with Gasteiger partial charge in [-0.05, 0) is 60.7 Å². The lowest BCUT2D eigenvalue weighted by atomic mass is 10.1. The summed E-state index contributed by atoms with van der Waals surface area (Å²) in [6.07, 6.45) is 1.55. The zero-order valence-electron chi connectivity index (χ0n) is 14.6. The summed E-state index contributed by atoms with van der Waals surface area (Å²) in [7, 11) is 0. The van der Waals surface area contributed by atoms with E-state index in [0.717, 1.165) is 4.47 Å². The number of thiocarbonyl (C=S) groups is 1. The van der Waals surface area contributed by atoms with Crippen LogP contribution in [0, 0.1) is 0 Å². The molecule has 6 nitrogen and oxygen atoms in total. The molecule has 2 aromatic carbocycles. The van der Waals surface area contributed by atoms with Gasteiger partial charge in [0.1, 0.15) is 5.76 Å². The third-order valence-corrected chi connectivity index (χ3v) is 4.49. The maximum Gasteiger partial charge on any atom is 0.257 e. The Kier molecular flexibility index (Phi) is 6.57. The SMILES string of the molecule is O=C(NC(=S)Nc1ccccc1C(=O)NCc1ccco1)c1ccc(Br)cc1. The number of carbonyl (C=O) groups is 2. The fourth-order valence-corrected chi connectivity index (χ4v) is 2.86. The summed E-state index contributed by atoms with van der Waals surface area (Å²) < 4.78 is 6.08. The Hall–Kier alpha value is -2.97. The highest BCUT2D eigenvalue weighted by atomic mass is 79.9. The Bertz CT molecular complexity index is 988. The standard InChI is InChI=1S/C20H16BrN3O3S/c21-14-9-7-13(8-10-14)18(25)24-20(28)23-17-6-2-1-5-16(17)19(26)22-12-15-4-3-11-27-15/h1-11H,12H2,(H,22,26)(H2,23,24,25,28). The highest BCUT2D eigenvalue weighted by Gasteiger charge is 2.14. The van der Waals surface area contributed by atoms with Crippen molar-refractivity contribution in [3.05, 3.63) is 88.3 Å². The van der Waals surface area contributed by atoms with Crippen LogP contribution in [0.2, 0.25) is 0 Å². The third-order valence-electron chi connectivity index (χ3n) is 3.76. The second-order valence-corrected chi connectivity index (χ2v) is 7.05. The summed E-state index contributed by atoms with van der Waals surface area (Å²) in [6, 6.07) is 17.3. The van der Waals surface area contributed by atoms with Gasteiger partial charge in [0.15, 0.2) is 5.11 Å². The Morgan fingerprint density at radius 3 is 2.43 bits per heavy atom. The van der Waals surface area contributed by atoms with Gasteiger partial charge in [-0.1, -0.05) is 28.1 Å². The van der Waals surface area contributed by atoms with Crippen molar-refractivity contribution in [1.29, 1.82) is 0 Å². The smallest absolute Gasteiger partial charge is 0.257 e. The second-order valence-electron chi connectivity index (χ2n) is 5.72. The summed E-state index contributed by atoms with van der Waals surface area (Å²) in [5, 5.41) is 8.38. The molecular formula is C20H16BrN3O3S. The number of furan rings is 1. The Balaban J connectivity index is 1.63. The summed E-state index contributed by atoms with van der Waals surface area (Å²) >= 11 is 8.54. The summed E-state index contributed by atoms with van der Waals surface area (Å²) in [4.78, 5) is 24.8. The molecule has 3 N–H and O–H groups in total. The average Bonchev–Trinajstić information content (AvgIpc) is 3.20. The largest absolute Gasteiger partial charge is 0.467 e. The normalized spacial score (nSPS) is 10.2. The van der Waals surface area contributed by atoms with Crippen LogP contribution < -0.4 is 16.0 Å². The number of halogens is 1. The molecule has 0 aliphatic heterocycles. The average molecular weight is 458 g/mol. The Labute approximate surface area is 175 Å². The quantitative estimate of drug-likeness (QED) is 0.502. The van der Waals surface area contributed by atoms with Gasteiger partial charge in [0.25, 0.3) is 11.8 Å². The number of nitrogens with one attached hydrogen (secondary N) is 3. The van der Waals surface area contributed by atoms with E-state index in [-0.39, 0.29) is 23.5 Å². The molecule has 0 aliphatic carbocycles. The molecule has 0 radical (unpaired) electrons. The van der Waals surface area contributed by atoms with E-state index in [9.17, 15) is 9.59 Å². The molecule has 3 aromatic rings. The van der Waals surface area contributed by atoms with E-state index in [4.69, 9.17) is 16.6 Å². The molecule has 1 aromatic heterocycles. The third kappa shape index (κ3) is 5.28. The van der Waals surface area contributed by atoms with Crippen LogP contribution in [0.5, 0.6) is 0 Å². The predicted octanol–water partition coefficient (Wildman–Crippen LogP) is 4.10. The van der Waals surface area contributed by atoms with Crippen LogP contribution in [0.3, 0.4) is 0 Å². The highest BCUT2D eigenvalue weighted by Crippen LogP contribution is 2.15.